The zero-order chi connectivity index (χ0) is 11.8. The Bertz CT molecular complexity index is 558. The van der Waals surface area contributed by atoms with Crippen LogP contribution in [0.3, 0.4) is 0 Å². The lowest BCUT2D eigenvalue weighted by Crippen LogP contribution is -1.93. The summed E-state index contributed by atoms with van der Waals surface area (Å²) in [5, 5.41) is 0. The topological polar surface area (TPSA) is 0 Å². The summed E-state index contributed by atoms with van der Waals surface area (Å²) in [5.74, 6) is 8.12. The van der Waals surface area contributed by atoms with E-state index < -0.39 is 0 Å². The van der Waals surface area contributed by atoms with Crippen molar-refractivity contribution in [1.82, 2.24) is 0 Å². The largest absolute Gasteiger partial charge is 0.0695 e. The molecule has 0 spiro atoms. The summed E-state index contributed by atoms with van der Waals surface area (Å²) in [4.78, 5) is 0. The average Bonchev–Trinajstić information content (AvgIpc) is 3.11. The number of hydrogen-bond donors (Lipinski definition) is 0. The third-order valence-electron chi connectivity index (χ3n) is 3.70. The van der Waals surface area contributed by atoms with Crippen molar-refractivity contribution in [3.8, 4) is 11.8 Å². The molecule has 84 valence electrons. The van der Waals surface area contributed by atoms with Gasteiger partial charge in [0.2, 0.25) is 0 Å². The van der Waals surface area contributed by atoms with Crippen LogP contribution >= 0.6 is 0 Å². The van der Waals surface area contributed by atoms with E-state index in [9.17, 15) is 0 Å². The normalized spacial score (nSPS) is 25.1. The van der Waals surface area contributed by atoms with E-state index in [0.29, 0.717) is 0 Å². The van der Waals surface area contributed by atoms with Gasteiger partial charge in [-0.3, -0.25) is 0 Å². The van der Waals surface area contributed by atoms with Gasteiger partial charge in [-0.25, -0.2) is 0 Å². The standard InChI is InChI=1S/C17H16/c1-12-3-6-14(7-4-12)8-10-15-9-5-13(2)16-11-17(15)16/h3-7,9,16-17H,11H2,1-2H3. The Balaban J connectivity index is 1.83. The predicted molar refractivity (Wildman–Crippen MR) is 71.5 cm³/mol. The first kappa shape index (κ1) is 10.4. The number of benzene rings is 1. The summed E-state index contributed by atoms with van der Waals surface area (Å²) in [6.07, 6.45) is 5.73. The van der Waals surface area contributed by atoms with E-state index in [2.05, 4.69) is 62.1 Å². The zero-order valence-corrected chi connectivity index (χ0v) is 10.3. The molecular weight excluding hydrogens is 204 g/mol. The smallest absolute Gasteiger partial charge is 0.0249 e. The van der Waals surface area contributed by atoms with Crippen LogP contribution in [0.1, 0.15) is 24.5 Å². The van der Waals surface area contributed by atoms with Gasteiger partial charge < -0.3 is 0 Å². The Morgan fingerprint density at radius 3 is 2.47 bits per heavy atom. The SMILES string of the molecule is CC1=CC=C(C#Cc2ccc(C)cc2)C2CC12. The van der Waals surface area contributed by atoms with E-state index in [1.807, 2.05) is 0 Å². The molecule has 17 heavy (non-hydrogen) atoms. The molecule has 1 fully saturated rings. The first-order valence-electron chi connectivity index (χ1n) is 6.21. The molecular formula is C17H16. The summed E-state index contributed by atoms with van der Waals surface area (Å²) < 4.78 is 0. The lowest BCUT2D eigenvalue weighted by molar-refractivity contribution is 0.886. The maximum atomic E-state index is 3.34. The van der Waals surface area contributed by atoms with Crippen molar-refractivity contribution in [2.24, 2.45) is 11.8 Å². The van der Waals surface area contributed by atoms with E-state index in [0.717, 1.165) is 17.4 Å². The molecule has 0 nitrogen and oxygen atoms in total. The number of rotatable bonds is 0. The fourth-order valence-corrected chi connectivity index (χ4v) is 2.43. The second-order valence-corrected chi connectivity index (χ2v) is 5.10. The minimum atomic E-state index is 0.720. The molecule has 0 amide bonds. The van der Waals surface area contributed by atoms with Crippen LogP contribution in [0.15, 0.2) is 47.6 Å². The number of aryl methyl sites for hydroxylation is 1. The fourth-order valence-electron chi connectivity index (χ4n) is 2.43. The van der Waals surface area contributed by atoms with Crippen LogP contribution in [0.5, 0.6) is 0 Å². The first-order valence-corrected chi connectivity index (χ1v) is 6.21. The van der Waals surface area contributed by atoms with Crippen molar-refractivity contribution in [2.45, 2.75) is 20.3 Å². The maximum absolute atomic E-state index is 3.34. The van der Waals surface area contributed by atoms with Crippen LogP contribution in [-0.4, -0.2) is 0 Å². The van der Waals surface area contributed by atoms with Crippen LogP contribution in [-0.2, 0) is 0 Å². The zero-order valence-electron chi connectivity index (χ0n) is 10.3. The van der Waals surface area contributed by atoms with Gasteiger partial charge >= 0.3 is 0 Å². The third-order valence-corrected chi connectivity index (χ3v) is 3.70. The van der Waals surface area contributed by atoms with E-state index >= 15 is 0 Å². The summed E-state index contributed by atoms with van der Waals surface area (Å²) in [7, 11) is 0. The molecule has 1 aromatic rings. The quantitative estimate of drug-likeness (QED) is 0.582. The van der Waals surface area contributed by atoms with Gasteiger partial charge in [0.1, 0.15) is 0 Å². The summed E-state index contributed by atoms with van der Waals surface area (Å²) in [6.45, 7) is 4.33. The van der Waals surface area contributed by atoms with Crippen molar-refractivity contribution < 1.29 is 0 Å². The second-order valence-electron chi connectivity index (χ2n) is 5.10. The second kappa shape index (κ2) is 3.93. The number of fused-ring (bicyclic) bond motifs is 1. The van der Waals surface area contributed by atoms with E-state index in [-0.39, 0.29) is 0 Å². The molecule has 2 aliphatic carbocycles. The summed E-state index contributed by atoms with van der Waals surface area (Å²) in [5.41, 5.74) is 5.24. The first-order chi connectivity index (χ1) is 8.24. The molecule has 1 saturated carbocycles. The Morgan fingerprint density at radius 1 is 0.941 bits per heavy atom. The van der Waals surface area contributed by atoms with Crippen LogP contribution in [0, 0.1) is 30.6 Å². The van der Waals surface area contributed by atoms with Crippen molar-refractivity contribution >= 4 is 0 Å². The van der Waals surface area contributed by atoms with Crippen LogP contribution in [0.2, 0.25) is 0 Å². The van der Waals surface area contributed by atoms with Gasteiger partial charge in [0, 0.05) is 11.1 Å². The molecule has 0 saturated heterocycles. The van der Waals surface area contributed by atoms with Gasteiger partial charge in [-0.2, -0.15) is 0 Å². The highest BCUT2D eigenvalue weighted by atomic mass is 14.4. The molecule has 2 unspecified atom stereocenters. The molecule has 2 aliphatic rings. The van der Waals surface area contributed by atoms with Gasteiger partial charge in [0.25, 0.3) is 0 Å². The van der Waals surface area contributed by atoms with Crippen molar-refractivity contribution in [3.05, 3.63) is 58.7 Å². The Labute approximate surface area is 103 Å². The molecule has 0 heterocycles. The van der Waals surface area contributed by atoms with Crippen LogP contribution in [0.4, 0.5) is 0 Å². The minimum Gasteiger partial charge on any atom is -0.0695 e. The third kappa shape index (κ3) is 2.06. The predicted octanol–water partition coefficient (Wildman–Crippen LogP) is 3.87. The highest BCUT2D eigenvalue weighted by Gasteiger charge is 2.41. The molecule has 0 aliphatic heterocycles. The summed E-state index contributed by atoms with van der Waals surface area (Å²) >= 11 is 0. The Morgan fingerprint density at radius 2 is 1.71 bits per heavy atom. The van der Waals surface area contributed by atoms with Crippen LogP contribution in [0.25, 0.3) is 0 Å². The average molecular weight is 220 g/mol. The molecule has 2 atom stereocenters. The van der Waals surface area contributed by atoms with E-state index in [1.165, 1.54) is 23.1 Å². The monoisotopic (exact) mass is 220 g/mol. The van der Waals surface area contributed by atoms with Crippen molar-refractivity contribution in [1.29, 1.82) is 0 Å². The Kier molecular flexibility index (Phi) is 2.41. The van der Waals surface area contributed by atoms with Gasteiger partial charge in [0.15, 0.2) is 0 Å². The molecule has 3 rings (SSSR count). The van der Waals surface area contributed by atoms with E-state index in [1.54, 1.807) is 0 Å². The molecule has 0 N–H and O–H groups in total. The number of hydrogen-bond acceptors (Lipinski definition) is 0. The highest BCUT2D eigenvalue weighted by Crippen LogP contribution is 2.50. The van der Waals surface area contributed by atoms with Crippen molar-refractivity contribution in [3.63, 3.8) is 0 Å². The lowest BCUT2D eigenvalue weighted by atomic mass is 10.00. The lowest BCUT2D eigenvalue weighted by Gasteiger charge is -2.05. The van der Waals surface area contributed by atoms with Crippen molar-refractivity contribution in [2.75, 3.05) is 0 Å². The molecule has 0 heteroatoms. The fraction of sp³-hybridized carbons (Fsp3) is 0.294. The van der Waals surface area contributed by atoms with Crippen LogP contribution < -0.4 is 0 Å². The van der Waals surface area contributed by atoms with Gasteiger partial charge in [-0.15, -0.1) is 0 Å². The Hall–Kier alpha value is -1.74. The van der Waals surface area contributed by atoms with Gasteiger partial charge in [-0.05, 0) is 44.2 Å². The van der Waals surface area contributed by atoms with Gasteiger partial charge in [-0.1, -0.05) is 47.3 Å². The summed E-state index contributed by atoms with van der Waals surface area (Å²) in [6, 6.07) is 8.42. The molecule has 1 aromatic carbocycles. The minimum absolute atomic E-state index is 0.720. The molecule has 0 bridgehead atoms. The molecule has 0 aromatic heterocycles. The maximum Gasteiger partial charge on any atom is 0.0249 e. The molecule has 0 radical (unpaired) electrons. The number of allylic oxidation sites excluding steroid dienone is 4. The van der Waals surface area contributed by atoms with Gasteiger partial charge in [0.05, 0.1) is 0 Å². The van der Waals surface area contributed by atoms with E-state index in [4.69, 9.17) is 0 Å². The highest BCUT2D eigenvalue weighted by molar-refractivity contribution is 5.48.